The van der Waals surface area contributed by atoms with E-state index < -0.39 is 6.04 Å². The molecule has 2 saturated carbocycles. The van der Waals surface area contributed by atoms with Crippen molar-refractivity contribution in [2.75, 3.05) is 6.54 Å². The van der Waals surface area contributed by atoms with Gasteiger partial charge in [-0.05, 0) is 61.1 Å². The predicted molar refractivity (Wildman–Crippen MR) is 77.2 cm³/mol. The van der Waals surface area contributed by atoms with Crippen molar-refractivity contribution in [1.82, 2.24) is 5.32 Å². The van der Waals surface area contributed by atoms with Crippen LogP contribution in [-0.2, 0) is 11.2 Å². The second-order valence-electron chi connectivity index (χ2n) is 6.33. The zero-order chi connectivity index (χ0) is 14.2. The van der Waals surface area contributed by atoms with Gasteiger partial charge in [0.05, 0.1) is 6.04 Å². The topological polar surface area (TPSA) is 75.3 Å². The van der Waals surface area contributed by atoms with Gasteiger partial charge < -0.3 is 16.2 Å². The number of hydrogen-bond donors (Lipinski definition) is 3. The highest BCUT2D eigenvalue weighted by atomic mass is 16.3. The molecule has 0 spiro atoms. The number of carbonyl (C=O) groups excluding carboxylic acids is 1. The smallest absolute Gasteiger partial charge is 0.237 e. The highest BCUT2D eigenvalue weighted by Crippen LogP contribution is 2.60. The molecule has 0 aliphatic heterocycles. The molecule has 108 valence electrons. The van der Waals surface area contributed by atoms with Crippen molar-refractivity contribution in [3.05, 3.63) is 29.8 Å². The van der Waals surface area contributed by atoms with Gasteiger partial charge in [-0.2, -0.15) is 0 Å². The lowest BCUT2D eigenvalue weighted by atomic mass is 10.00. The minimum absolute atomic E-state index is 0.0648. The summed E-state index contributed by atoms with van der Waals surface area (Å²) in [6.07, 6.45) is 5.67. The van der Waals surface area contributed by atoms with Gasteiger partial charge in [-0.1, -0.05) is 12.1 Å². The van der Waals surface area contributed by atoms with E-state index in [1.54, 1.807) is 24.3 Å². The third-order valence-corrected chi connectivity index (χ3v) is 4.68. The number of hydrogen-bond acceptors (Lipinski definition) is 3. The lowest BCUT2D eigenvalue weighted by molar-refractivity contribution is -0.122. The van der Waals surface area contributed by atoms with Crippen LogP contribution in [0.2, 0.25) is 0 Å². The summed E-state index contributed by atoms with van der Waals surface area (Å²) in [6.45, 7) is 0.791. The molecular formula is C16H22N2O2. The zero-order valence-corrected chi connectivity index (χ0v) is 11.6. The molecule has 2 aliphatic carbocycles. The highest BCUT2D eigenvalue weighted by Gasteiger charge is 2.53. The summed E-state index contributed by atoms with van der Waals surface area (Å²) in [5.41, 5.74) is 7.33. The molecule has 3 rings (SSSR count). The first-order valence-corrected chi connectivity index (χ1v) is 7.40. The van der Waals surface area contributed by atoms with Crippen molar-refractivity contribution in [2.45, 2.75) is 38.1 Å². The number of aromatic hydroxyl groups is 1. The Kier molecular flexibility index (Phi) is 3.42. The third kappa shape index (κ3) is 2.96. The van der Waals surface area contributed by atoms with E-state index in [0.717, 1.165) is 18.0 Å². The van der Waals surface area contributed by atoms with Crippen LogP contribution >= 0.6 is 0 Å². The summed E-state index contributed by atoms with van der Waals surface area (Å²) in [4.78, 5) is 12.0. The Morgan fingerprint density at radius 2 is 2.00 bits per heavy atom. The number of amides is 1. The summed E-state index contributed by atoms with van der Waals surface area (Å²) in [6, 6.07) is 6.32. The number of benzene rings is 1. The molecule has 0 radical (unpaired) electrons. The van der Waals surface area contributed by atoms with E-state index >= 15 is 0 Å². The maximum absolute atomic E-state index is 12.0. The molecule has 1 amide bonds. The Labute approximate surface area is 119 Å². The number of rotatable bonds is 6. The van der Waals surface area contributed by atoms with Gasteiger partial charge in [0.1, 0.15) is 5.75 Å². The quantitative estimate of drug-likeness (QED) is 0.737. The van der Waals surface area contributed by atoms with Crippen molar-refractivity contribution in [3.8, 4) is 5.75 Å². The van der Waals surface area contributed by atoms with E-state index in [1.165, 1.54) is 25.7 Å². The van der Waals surface area contributed by atoms with Crippen LogP contribution in [0, 0.1) is 11.3 Å². The van der Waals surface area contributed by atoms with Crippen LogP contribution < -0.4 is 11.1 Å². The molecule has 1 atom stereocenters. The first kappa shape index (κ1) is 13.4. The van der Waals surface area contributed by atoms with E-state index in [2.05, 4.69) is 5.32 Å². The molecule has 1 aromatic rings. The molecule has 4 heteroatoms. The van der Waals surface area contributed by atoms with E-state index in [4.69, 9.17) is 5.73 Å². The average Bonchev–Trinajstić information content (AvgIpc) is 3.30. The summed E-state index contributed by atoms with van der Waals surface area (Å²) in [5.74, 6) is 1.01. The van der Waals surface area contributed by atoms with Gasteiger partial charge in [0.2, 0.25) is 5.91 Å². The minimum atomic E-state index is -0.519. The molecule has 2 aliphatic rings. The Hall–Kier alpha value is -1.55. The normalized spacial score (nSPS) is 21.2. The van der Waals surface area contributed by atoms with E-state index in [0.29, 0.717) is 11.8 Å². The fourth-order valence-electron chi connectivity index (χ4n) is 2.96. The van der Waals surface area contributed by atoms with Gasteiger partial charge in [0, 0.05) is 6.54 Å². The van der Waals surface area contributed by atoms with Crippen LogP contribution in [0.25, 0.3) is 0 Å². The Balaban J connectivity index is 1.48. The molecule has 1 aromatic carbocycles. The van der Waals surface area contributed by atoms with Crippen molar-refractivity contribution >= 4 is 5.91 Å². The van der Waals surface area contributed by atoms with Gasteiger partial charge in [-0.15, -0.1) is 0 Å². The van der Waals surface area contributed by atoms with Gasteiger partial charge in [0.15, 0.2) is 0 Å². The molecule has 20 heavy (non-hydrogen) atoms. The van der Waals surface area contributed by atoms with Gasteiger partial charge in [-0.3, -0.25) is 4.79 Å². The monoisotopic (exact) mass is 274 g/mol. The average molecular weight is 274 g/mol. The van der Waals surface area contributed by atoms with Crippen LogP contribution in [-0.4, -0.2) is 23.6 Å². The fourth-order valence-corrected chi connectivity index (χ4v) is 2.96. The largest absolute Gasteiger partial charge is 0.508 e. The second kappa shape index (κ2) is 5.09. The van der Waals surface area contributed by atoms with Crippen LogP contribution in [0.5, 0.6) is 5.75 Å². The summed E-state index contributed by atoms with van der Waals surface area (Å²) in [7, 11) is 0. The molecule has 0 heterocycles. The van der Waals surface area contributed by atoms with Gasteiger partial charge >= 0.3 is 0 Å². The Morgan fingerprint density at radius 1 is 1.35 bits per heavy atom. The lowest BCUT2D eigenvalue weighted by Crippen LogP contribution is -2.44. The highest BCUT2D eigenvalue weighted by molar-refractivity contribution is 5.81. The maximum atomic E-state index is 12.0. The molecule has 0 saturated heterocycles. The van der Waals surface area contributed by atoms with Crippen LogP contribution in [0.15, 0.2) is 24.3 Å². The molecule has 0 bridgehead atoms. The molecule has 2 fully saturated rings. The first-order chi connectivity index (χ1) is 9.59. The van der Waals surface area contributed by atoms with Crippen molar-refractivity contribution in [3.63, 3.8) is 0 Å². The number of nitrogens with two attached hydrogens (primary N) is 1. The predicted octanol–water partition coefficient (Wildman–Crippen LogP) is 1.57. The number of phenols is 1. The van der Waals surface area contributed by atoms with Crippen molar-refractivity contribution < 1.29 is 9.90 Å². The standard InChI is InChI=1S/C16H22N2O2/c17-14(9-11-1-5-13(19)6-2-11)15(20)18-10-16(7-8-16)12-3-4-12/h1-2,5-6,12,14,19H,3-4,7-10,17H2,(H,18,20)/t14-/m0/s1. The Bertz CT molecular complexity index is 490. The number of phenolic OH excluding ortho intramolecular Hbond substituents is 1. The SMILES string of the molecule is N[C@@H](Cc1ccc(O)cc1)C(=O)NCC1(C2CC2)CC1. The molecule has 0 unspecified atom stereocenters. The van der Waals surface area contributed by atoms with Gasteiger partial charge in [-0.25, -0.2) is 0 Å². The van der Waals surface area contributed by atoms with Crippen molar-refractivity contribution in [1.29, 1.82) is 0 Å². The van der Waals surface area contributed by atoms with Crippen LogP contribution in [0.4, 0.5) is 0 Å². The molecule has 4 N–H and O–H groups in total. The summed E-state index contributed by atoms with van der Waals surface area (Å²) >= 11 is 0. The minimum Gasteiger partial charge on any atom is -0.508 e. The third-order valence-electron chi connectivity index (χ3n) is 4.68. The maximum Gasteiger partial charge on any atom is 0.237 e. The summed E-state index contributed by atoms with van der Waals surface area (Å²) < 4.78 is 0. The van der Waals surface area contributed by atoms with Crippen LogP contribution in [0.3, 0.4) is 0 Å². The zero-order valence-electron chi connectivity index (χ0n) is 11.6. The fraction of sp³-hybridized carbons (Fsp3) is 0.562. The molecule has 4 nitrogen and oxygen atoms in total. The van der Waals surface area contributed by atoms with E-state index in [-0.39, 0.29) is 11.7 Å². The summed E-state index contributed by atoms with van der Waals surface area (Å²) in [5, 5.41) is 12.3. The molecule has 0 aromatic heterocycles. The first-order valence-electron chi connectivity index (χ1n) is 7.40. The van der Waals surface area contributed by atoms with E-state index in [9.17, 15) is 9.90 Å². The van der Waals surface area contributed by atoms with Gasteiger partial charge in [0.25, 0.3) is 0 Å². The van der Waals surface area contributed by atoms with Crippen LogP contribution in [0.1, 0.15) is 31.2 Å². The molecular weight excluding hydrogens is 252 g/mol. The second-order valence-corrected chi connectivity index (χ2v) is 6.33. The number of nitrogens with one attached hydrogen (secondary N) is 1. The lowest BCUT2D eigenvalue weighted by Gasteiger charge is -2.17. The van der Waals surface area contributed by atoms with Crippen molar-refractivity contribution in [2.24, 2.45) is 17.1 Å². The Morgan fingerprint density at radius 3 is 2.55 bits per heavy atom. The number of carbonyl (C=O) groups is 1. The van der Waals surface area contributed by atoms with E-state index in [1.807, 2.05) is 0 Å².